The van der Waals surface area contributed by atoms with Gasteiger partial charge in [-0.1, -0.05) is 0 Å². The first-order valence-corrected chi connectivity index (χ1v) is 4.63. The molecule has 5 heteroatoms. The van der Waals surface area contributed by atoms with Crippen molar-refractivity contribution in [3.8, 4) is 0 Å². The van der Waals surface area contributed by atoms with Crippen LogP contribution in [0.25, 0.3) is 0 Å². The lowest BCUT2D eigenvalue weighted by Crippen LogP contribution is -2.43. The molecule has 0 saturated carbocycles. The van der Waals surface area contributed by atoms with Gasteiger partial charge in [-0.15, -0.1) is 10.2 Å². The highest BCUT2D eigenvalue weighted by Crippen LogP contribution is 2.23. The maximum Gasteiger partial charge on any atom is 0.163 e. The van der Waals surface area contributed by atoms with Crippen molar-refractivity contribution < 1.29 is 5.11 Å². The summed E-state index contributed by atoms with van der Waals surface area (Å²) in [5.41, 5.74) is -0.409. The zero-order valence-corrected chi connectivity index (χ0v) is 9.37. The van der Waals surface area contributed by atoms with Gasteiger partial charge in [-0.05, 0) is 27.8 Å². The Kier molecular flexibility index (Phi) is 2.92. The Morgan fingerprint density at radius 1 is 1.43 bits per heavy atom. The van der Waals surface area contributed by atoms with Gasteiger partial charge in [0.1, 0.15) is 11.9 Å². The first-order chi connectivity index (χ1) is 6.40. The molecule has 0 spiro atoms. The summed E-state index contributed by atoms with van der Waals surface area (Å²) < 4.78 is 1.80. The largest absolute Gasteiger partial charge is 0.383 e. The predicted octanol–water partition coefficient (Wildman–Crippen LogP) is 0.155. The van der Waals surface area contributed by atoms with Crippen molar-refractivity contribution in [2.75, 3.05) is 7.05 Å². The van der Waals surface area contributed by atoms with Crippen molar-refractivity contribution in [3.63, 3.8) is 0 Å². The van der Waals surface area contributed by atoms with Gasteiger partial charge >= 0.3 is 0 Å². The maximum atomic E-state index is 10.1. The molecule has 0 radical (unpaired) electrons. The third kappa shape index (κ3) is 1.78. The number of likely N-dealkylation sites (N-methyl/N-ethyl adjacent to an activating group) is 1. The highest BCUT2D eigenvalue weighted by molar-refractivity contribution is 5.03. The van der Waals surface area contributed by atoms with E-state index in [1.165, 1.54) is 0 Å². The average molecular weight is 198 g/mol. The fraction of sp³-hybridized carbons (Fsp3) is 0.778. The van der Waals surface area contributed by atoms with E-state index in [9.17, 15) is 5.11 Å². The van der Waals surface area contributed by atoms with Crippen LogP contribution in [0.15, 0.2) is 0 Å². The molecule has 0 aliphatic carbocycles. The lowest BCUT2D eigenvalue weighted by atomic mass is 9.97. The minimum atomic E-state index is -0.668. The smallest absolute Gasteiger partial charge is 0.163 e. The number of aromatic nitrogens is 3. The van der Waals surface area contributed by atoms with Crippen LogP contribution in [0.2, 0.25) is 0 Å². The fourth-order valence-corrected chi connectivity index (χ4v) is 1.12. The molecule has 0 bridgehead atoms. The molecule has 0 fully saturated rings. The van der Waals surface area contributed by atoms with Crippen LogP contribution in [0.5, 0.6) is 0 Å². The van der Waals surface area contributed by atoms with Gasteiger partial charge in [0.15, 0.2) is 5.82 Å². The predicted molar refractivity (Wildman–Crippen MR) is 53.8 cm³/mol. The van der Waals surface area contributed by atoms with E-state index in [-0.39, 0.29) is 0 Å². The molecule has 2 N–H and O–H groups in total. The van der Waals surface area contributed by atoms with E-state index in [1.807, 2.05) is 34.9 Å². The number of nitrogens with one attached hydrogen (secondary N) is 1. The first kappa shape index (κ1) is 11.1. The molecule has 0 amide bonds. The second kappa shape index (κ2) is 3.67. The van der Waals surface area contributed by atoms with Crippen LogP contribution in [-0.4, -0.2) is 32.5 Å². The molecule has 1 heterocycles. The van der Waals surface area contributed by atoms with Crippen LogP contribution in [0, 0.1) is 6.92 Å². The van der Waals surface area contributed by atoms with E-state index < -0.39 is 11.6 Å². The highest BCUT2D eigenvalue weighted by atomic mass is 16.3. The van der Waals surface area contributed by atoms with Gasteiger partial charge in [0.05, 0.1) is 0 Å². The molecule has 0 aliphatic rings. The molecule has 80 valence electrons. The highest BCUT2D eigenvalue weighted by Gasteiger charge is 2.30. The molecule has 1 aromatic heterocycles. The van der Waals surface area contributed by atoms with E-state index in [4.69, 9.17) is 0 Å². The summed E-state index contributed by atoms with van der Waals surface area (Å²) in [4.78, 5) is 0. The summed E-state index contributed by atoms with van der Waals surface area (Å²) in [5, 5.41) is 21.0. The summed E-state index contributed by atoms with van der Waals surface area (Å²) in [6.45, 7) is 5.69. The van der Waals surface area contributed by atoms with Crippen LogP contribution >= 0.6 is 0 Å². The normalized spacial score (nSPS) is 14.4. The average Bonchev–Trinajstić information content (AvgIpc) is 2.47. The summed E-state index contributed by atoms with van der Waals surface area (Å²) in [6.07, 6.45) is -0.668. The zero-order valence-electron chi connectivity index (χ0n) is 9.37. The lowest BCUT2D eigenvalue weighted by molar-refractivity contribution is 0.0746. The van der Waals surface area contributed by atoms with Gasteiger partial charge in [-0.25, -0.2) is 0 Å². The van der Waals surface area contributed by atoms with Crippen molar-refractivity contribution in [2.24, 2.45) is 7.05 Å². The summed E-state index contributed by atoms with van der Waals surface area (Å²) in [7, 11) is 3.66. The van der Waals surface area contributed by atoms with Crippen LogP contribution in [-0.2, 0) is 7.05 Å². The van der Waals surface area contributed by atoms with E-state index in [2.05, 4.69) is 15.5 Å². The number of rotatable bonds is 3. The standard InChI is InChI=1S/C9H18N4O/c1-6-11-12-8(13(6)5)7(14)9(2,3)10-4/h7,10,14H,1-5H3. The van der Waals surface area contributed by atoms with Crippen molar-refractivity contribution in [1.82, 2.24) is 20.1 Å². The van der Waals surface area contributed by atoms with E-state index in [0.29, 0.717) is 5.82 Å². The second-order valence-corrected chi connectivity index (χ2v) is 4.04. The minimum absolute atomic E-state index is 0.409. The number of hydrogen-bond acceptors (Lipinski definition) is 4. The molecule has 0 saturated heterocycles. The molecule has 1 unspecified atom stereocenters. The monoisotopic (exact) mass is 198 g/mol. The third-order valence-corrected chi connectivity index (χ3v) is 2.70. The lowest BCUT2D eigenvalue weighted by Gasteiger charge is -2.29. The SMILES string of the molecule is CNC(C)(C)C(O)c1nnc(C)n1C. The third-order valence-electron chi connectivity index (χ3n) is 2.70. The van der Waals surface area contributed by atoms with Crippen molar-refractivity contribution in [3.05, 3.63) is 11.6 Å². The number of nitrogens with zero attached hydrogens (tertiary/aromatic N) is 3. The molecule has 0 aliphatic heterocycles. The Hall–Kier alpha value is -0.940. The summed E-state index contributed by atoms with van der Waals surface area (Å²) in [6, 6.07) is 0. The molecule has 1 rings (SSSR count). The molecule has 1 atom stereocenters. The maximum absolute atomic E-state index is 10.1. The summed E-state index contributed by atoms with van der Waals surface area (Å²) >= 11 is 0. The van der Waals surface area contributed by atoms with Crippen LogP contribution < -0.4 is 5.32 Å². The molecular weight excluding hydrogens is 180 g/mol. The minimum Gasteiger partial charge on any atom is -0.383 e. The second-order valence-electron chi connectivity index (χ2n) is 4.04. The number of hydrogen-bond donors (Lipinski definition) is 2. The van der Waals surface area contributed by atoms with Crippen molar-refractivity contribution >= 4 is 0 Å². The summed E-state index contributed by atoms with van der Waals surface area (Å²) in [5.74, 6) is 1.38. The van der Waals surface area contributed by atoms with Gasteiger partial charge in [-0.2, -0.15) is 0 Å². The van der Waals surface area contributed by atoms with Gasteiger partial charge in [0.25, 0.3) is 0 Å². The molecule has 14 heavy (non-hydrogen) atoms. The molecule has 5 nitrogen and oxygen atoms in total. The Bertz CT molecular complexity index is 319. The van der Waals surface area contributed by atoms with Crippen LogP contribution in [0.1, 0.15) is 31.6 Å². The quantitative estimate of drug-likeness (QED) is 0.726. The zero-order chi connectivity index (χ0) is 10.9. The topological polar surface area (TPSA) is 63.0 Å². The first-order valence-electron chi connectivity index (χ1n) is 4.63. The Labute approximate surface area is 84.2 Å². The van der Waals surface area contributed by atoms with Gasteiger partial charge < -0.3 is 15.0 Å². The van der Waals surface area contributed by atoms with Gasteiger partial charge in [0, 0.05) is 12.6 Å². The van der Waals surface area contributed by atoms with Crippen LogP contribution in [0.3, 0.4) is 0 Å². The molecule has 1 aromatic rings. The number of aryl methyl sites for hydroxylation is 1. The van der Waals surface area contributed by atoms with Crippen molar-refractivity contribution in [2.45, 2.75) is 32.4 Å². The van der Waals surface area contributed by atoms with E-state index in [1.54, 1.807) is 4.57 Å². The number of aliphatic hydroxyl groups is 1. The Morgan fingerprint density at radius 2 is 2.00 bits per heavy atom. The molecule has 0 aromatic carbocycles. The fourth-order valence-electron chi connectivity index (χ4n) is 1.12. The molecular formula is C9H18N4O. The van der Waals surface area contributed by atoms with E-state index in [0.717, 1.165) is 5.82 Å². The van der Waals surface area contributed by atoms with Crippen LogP contribution in [0.4, 0.5) is 0 Å². The van der Waals surface area contributed by atoms with E-state index >= 15 is 0 Å². The van der Waals surface area contributed by atoms with Crippen molar-refractivity contribution in [1.29, 1.82) is 0 Å². The van der Waals surface area contributed by atoms with Gasteiger partial charge in [-0.3, -0.25) is 0 Å². The van der Waals surface area contributed by atoms with Gasteiger partial charge in [0.2, 0.25) is 0 Å². The Morgan fingerprint density at radius 3 is 2.36 bits per heavy atom. The Balaban J connectivity index is 3.00. The number of aliphatic hydroxyl groups excluding tert-OH is 1.